The Balaban J connectivity index is 2.14. The summed E-state index contributed by atoms with van der Waals surface area (Å²) < 4.78 is 37.8. The third-order valence-electron chi connectivity index (χ3n) is 4.07. The van der Waals surface area contributed by atoms with Crippen molar-refractivity contribution in [3.8, 4) is 0 Å². The van der Waals surface area contributed by atoms with Crippen molar-refractivity contribution >= 4 is 27.9 Å². The topological polar surface area (TPSA) is 108 Å². The number of hydrogen-bond donors (Lipinski definition) is 1. The van der Waals surface area contributed by atoms with Gasteiger partial charge in [-0.25, -0.2) is 9.59 Å². The van der Waals surface area contributed by atoms with Crippen LogP contribution < -0.4 is 5.32 Å². The number of rotatable bonds is 9. The van der Waals surface area contributed by atoms with Crippen molar-refractivity contribution < 1.29 is 31.7 Å². The van der Waals surface area contributed by atoms with Crippen molar-refractivity contribution in [3.05, 3.63) is 65.2 Å². The van der Waals surface area contributed by atoms with Crippen LogP contribution in [-0.4, -0.2) is 38.9 Å². The number of carbonyl (C=O) groups excluding carboxylic acids is 2. The van der Waals surface area contributed by atoms with Gasteiger partial charge in [0.15, 0.2) is 0 Å². The quantitative estimate of drug-likeness (QED) is 0.335. The number of aryl methyl sites for hydroxylation is 1. The Labute approximate surface area is 189 Å². The first-order valence-corrected chi connectivity index (χ1v) is 11.9. The van der Waals surface area contributed by atoms with Gasteiger partial charge in [0.2, 0.25) is 0 Å². The molecule has 1 N–H and O–H groups in total. The highest BCUT2D eigenvalue weighted by atomic mass is 32.2. The summed E-state index contributed by atoms with van der Waals surface area (Å²) in [4.78, 5) is 24.8. The fourth-order valence-electron chi connectivity index (χ4n) is 2.77. The van der Waals surface area contributed by atoms with Crippen LogP contribution in [-0.2, 0) is 36.8 Å². The van der Waals surface area contributed by atoms with Crippen molar-refractivity contribution in [1.29, 1.82) is 0 Å². The van der Waals surface area contributed by atoms with E-state index in [1.807, 2.05) is 30.3 Å². The lowest BCUT2D eigenvalue weighted by molar-refractivity contribution is 0.0471. The summed E-state index contributed by atoms with van der Waals surface area (Å²) in [5.41, 5.74) is 1.56. The van der Waals surface area contributed by atoms with Crippen molar-refractivity contribution in [2.45, 2.75) is 45.8 Å². The summed E-state index contributed by atoms with van der Waals surface area (Å²) in [5.74, 6) is -0.517. The predicted molar refractivity (Wildman–Crippen MR) is 121 cm³/mol. The summed E-state index contributed by atoms with van der Waals surface area (Å²) >= 11 is 0. The normalized spacial score (nSPS) is 11.6. The third-order valence-corrected chi connectivity index (χ3v) is 4.67. The highest BCUT2D eigenvalue weighted by molar-refractivity contribution is 7.85. The molecule has 32 heavy (non-hydrogen) atoms. The molecule has 0 bridgehead atoms. The van der Waals surface area contributed by atoms with Gasteiger partial charge in [-0.15, -0.1) is 0 Å². The first-order valence-electron chi connectivity index (χ1n) is 10.1. The number of anilines is 1. The lowest BCUT2D eigenvalue weighted by Gasteiger charge is -2.20. The van der Waals surface area contributed by atoms with Crippen LogP contribution in [0.3, 0.4) is 0 Å². The SMILES string of the molecule is CC(C)(C)OC(=O)Nc1ccc(C(=O)OCc2ccccc2)c(CCCOS(C)(=O)=O)c1. The maximum absolute atomic E-state index is 12.7. The second-order valence-corrected chi connectivity index (χ2v) is 9.83. The number of esters is 1. The number of nitrogens with one attached hydrogen (secondary N) is 1. The Bertz CT molecular complexity index is 1030. The van der Waals surface area contributed by atoms with Gasteiger partial charge >= 0.3 is 12.1 Å². The number of ether oxygens (including phenoxy) is 2. The fourth-order valence-corrected chi connectivity index (χ4v) is 3.19. The summed E-state index contributed by atoms with van der Waals surface area (Å²) in [6, 6.07) is 14.1. The summed E-state index contributed by atoms with van der Waals surface area (Å²) in [6.45, 7) is 5.36. The zero-order valence-corrected chi connectivity index (χ0v) is 19.5. The van der Waals surface area contributed by atoms with E-state index in [0.717, 1.165) is 11.8 Å². The molecule has 0 atom stereocenters. The van der Waals surface area contributed by atoms with Crippen LogP contribution in [0.15, 0.2) is 48.5 Å². The minimum absolute atomic E-state index is 0.0267. The van der Waals surface area contributed by atoms with Crippen LogP contribution in [0.25, 0.3) is 0 Å². The van der Waals surface area contributed by atoms with Crippen molar-refractivity contribution in [1.82, 2.24) is 0 Å². The number of benzene rings is 2. The minimum atomic E-state index is -3.55. The van der Waals surface area contributed by atoms with Crippen LogP contribution in [0.5, 0.6) is 0 Å². The molecule has 2 aromatic rings. The molecule has 0 saturated carbocycles. The average Bonchev–Trinajstić information content (AvgIpc) is 2.68. The molecule has 0 aliphatic heterocycles. The summed E-state index contributed by atoms with van der Waals surface area (Å²) in [5, 5.41) is 2.64. The molecule has 0 aromatic heterocycles. The molecule has 0 spiro atoms. The largest absolute Gasteiger partial charge is 0.457 e. The summed E-state index contributed by atoms with van der Waals surface area (Å²) in [7, 11) is -3.55. The molecule has 0 unspecified atom stereocenters. The molecule has 2 aromatic carbocycles. The number of amides is 1. The molecule has 0 fully saturated rings. The first-order chi connectivity index (χ1) is 14.9. The zero-order chi connectivity index (χ0) is 23.8. The van der Waals surface area contributed by atoms with Gasteiger partial charge in [-0.2, -0.15) is 8.42 Å². The lowest BCUT2D eigenvalue weighted by atomic mass is 10.0. The summed E-state index contributed by atoms with van der Waals surface area (Å²) in [6.07, 6.45) is 1.05. The van der Waals surface area contributed by atoms with Crippen LogP contribution in [0.4, 0.5) is 10.5 Å². The number of carbonyl (C=O) groups is 2. The molecule has 0 aliphatic rings. The lowest BCUT2D eigenvalue weighted by Crippen LogP contribution is -2.27. The van der Waals surface area contributed by atoms with Gasteiger partial charge in [0, 0.05) is 5.69 Å². The van der Waals surface area contributed by atoms with E-state index >= 15 is 0 Å². The monoisotopic (exact) mass is 463 g/mol. The minimum Gasteiger partial charge on any atom is -0.457 e. The van der Waals surface area contributed by atoms with Gasteiger partial charge in [0.25, 0.3) is 10.1 Å². The smallest absolute Gasteiger partial charge is 0.412 e. The molecule has 0 radical (unpaired) electrons. The molecule has 0 aliphatic carbocycles. The molecule has 8 nitrogen and oxygen atoms in total. The standard InChI is InChI=1S/C23H29NO7S/c1-23(2,3)31-22(26)24-19-12-13-20(18(15-19)11-8-14-30-32(4,27)28)21(25)29-16-17-9-6-5-7-10-17/h5-7,9-10,12-13,15H,8,11,14,16H2,1-4H3,(H,24,26). The van der Waals surface area contributed by atoms with Crippen LogP contribution in [0.2, 0.25) is 0 Å². The molecule has 0 saturated heterocycles. The zero-order valence-electron chi connectivity index (χ0n) is 18.7. The van der Waals surface area contributed by atoms with Gasteiger partial charge in [-0.1, -0.05) is 30.3 Å². The van der Waals surface area contributed by atoms with Gasteiger partial charge in [0.1, 0.15) is 12.2 Å². The van der Waals surface area contributed by atoms with E-state index in [0.29, 0.717) is 29.7 Å². The van der Waals surface area contributed by atoms with Crippen molar-refractivity contribution in [2.75, 3.05) is 18.2 Å². The molecule has 1 amide bonds. The van der Waals surface area contributed by atoms with Gasteiger partial charge in [0.05, 0.1) is 18.4 Å². The van der Waals surface area contributed by atoms with Gasteiger partial charge < -0.3 is 9.47 Å². The van der Waals surface area contributed by atoms with Gasteiger partial charge in [-0.05, 0) is 62.9 Å². The third kappa shape index (κ3) is 9.49. The highest BCUT2D eigenvalue weighted by Crippen LogP contribution is 2.21. The van der Waals surface area contributed by atoms with Crippen LogP contribution in [0, 0.1) is 0 Å². The van der Waals surface area contributed by atoms with E-state index in [9.17, 15) is 18.0 Å². The van der Waals surface area contributed by atoms with Crippen LogP contribution in [0.1, 0.15) is 48.7 Å². The first kappa shape index (κ1) is 25.4. The molecular weight excluding hydrogens is 434 g/mol. The van der Waals surface area contributed by atoms with E-state index in [4.69, 9.17) is 13.7 Å². The number of hydrogen-bond acceptors (Lipinski definition) is 7. The molecule has 9 heteroatoms. The Hall–Kier alpha value is -2.91. The maximum Gasteiger partial charge on any atom is 0.412 e. The van der Waals surface area contributed by atoms with Gasteiger partial charge in [-0.3, -0.25) is 9.50 Å². The Kier molecular flexibility index (Phi) is 8.80. The maximum atomic E-state index is 12.7. The molecule has 0 heterocycles. The van der Waals surface area contributed by atoms with Crippen molar-refractivity contribution in [2.24, 2.45) is 0 Å². The molecule has 174 valence electrons. The average molecular weight is 464 g/mol. The second kappa shape index (κ2) is 11.1. The fraction of sp³-hybridized carbons (Fsp3) is 0.391. The Morgan fingerprint density at radius 2 is 1.72 bits per heavy atom. The van der Waals surface area contributed by atoms with E-state index in [1.165, 1.54) is 0 Å². The van der Waals surface area contributed by atoms with Crippen molar-refractivity contribution in [3.63, 3.8) is 0 Å². The van der Waals surface area contributed by atoms with E-state index in [-0.39, 0.29) is 13.2 Å². The van der Waals surface area contributed by atoms with E-state index < -0.39 is 27.8 Å². The highest BCUT2D eigenvalue weighted by Gasteiger charge is 2.18. The second-order valence-electron chi connectivity index (χ2n) is 8.19. The molecular formula is C23H29NO7S. The Morgan fingerprint density at radius 1 is 1.03 bits per heavy atom. The predicted octanol–water partition coefficient (Wildman–Crippen LogP) is 4.30. The molecule has 2 rings (SSSR count). The van der Waals surface area contributed by atoms with Crippen LogP contribution >= 0.6 is 0 Å². The Morgan fingerprint density at radius 3 is 2.34 bits per heavy atom. The van der Waals surface area contributed by atoms with E-state index in [1.54, 1.807) is 39.0 Å². The van der Waals surface area contributed by atoms with E-state index in [2.05, 4.69) is 5.32 Å².